The zero-order valence-electron chi connectivity index (χ0n) is 12.3. The number of hydrogen-bond acceptors (Lipinski definition) is 2. The van der Waals surface area contributed by atoms with E-state index in [4.69, 9.17) is 4.74 Å². The molecule has 3 rings (SSSR count). The van der Waals surface area contributed by atoms with Gasteiger partial charge < -0.3 is 4.74 Å². The Balaban J connectivity index is 1.79. The summed E-state index contributed by atoms with van der Waals surface area (Å²) in [5.74, 6) is 1.42. The van der Waals surface area contributed by atoms with E-state index in [1.54, 1.807) is 6.92 Å². The van der Waals surface area contributed by atoms with Crippen molar-refractivity contribution in [1.82, 2.24) is 0 Å². The van der Waals surface area contributed by atoms with Crippen LogP contribution in [0.5, 0.6) is 0 Å². The highest BCUT2D eigenvalue weighted by molar-refractivity contribution is 5.87. The van der Waals surface area contributed by atoms with Crippen LogP contribution in [0.1, 0.15) is 65.2 Å². The Bertz CT molecular complexity index is 413. The Morgan fingerprint density at radius 2 is 2.11 bits per heavy atom. The van der Waals surface area contributed by atoms with Gasteiger partial charge in [0.25, 0.3) is 0 Å². The minimum Gasteiger partial charge on any atom is -0.456 e. The zero-order chi connectivity index (χ0) is 13.7. The molecule has 19 heavy (non-hydrogen) atoms. The third-order valence-corrected chi connectivity index (χ3v) is 5.94. The molecule has 3 fully saturated rings. The monoisotopic (exact) mass is 262 g/mol. The predicted octanol–water partition coefficient (Wildman–Crippen LogP) is 4.24. The number of ether oxygens (including phenoxy) is 1. The van der Waals surface area contributed by atoms with Crippen molar-refractivity contribution in [1.29, 1.82) is 0 Å². The van der Waals surface area contributed by atoms with Gasteiger partial charge in [-0.05, 0) is 69.1 Å². The lowest BCUT2D eigenvalue weighted by Crippen LogP contribution is -2.47. The average Bonchev–Trinajstić information content (AvgIpc) is 2.52. The molecule has 0 spiro atoms. The molecule has 106 valence electrons. The lowest BCUT2D eigenvalue weighted by Gasteiger charge is -2.48. The highest BCUT2D eigenvalue weighted by Gasteiger charge is 2.60. The maximum Gasteiger partial charge on any atom is 0.333 e. The highest BCUT2D eigenvalue weighted by Crippen LogP contribution is 2.65. The molecule has 0 saturated heterocycles. The molecule has 0 radical (unpaired) electrons. The zero-order valence-corrected chi connectivity index (χ0v) is 12.3. The van der Waals surface area contributed by atoms with Crippen molar-refractivity contribution in [3.8, 4) is 0 Å². The summed E-state index contributed by atoms with van der Waals surface area (Å²) < 4.78 is 5.89. The first kappa shape index (κ1) is 13.2. The first-order valence-corrected chi connectivity index (χ1v) is 7.87. The van der Waals surface area contributed by atoms with E-state index >= 15 is 0 Å². The smallest absolute Gasteiger partial charge is 0.333 e. The average molecular weight is 262 g/mol. The van der Waals surface area contributed by atoms with Crippen LogP contribution in [0.2, 0.25) is 0 Å². The van der Waals surface area contributed by atoms with Gasteiger partial charge >= 0.3 is 5.97 Å². The molecule has 2 nitrogen and oxygen atoms in total. The second-order valence-electron chi connectivity index (χ2n) is 7.38. The topological polar surface area (TPSA) is 26.3 Å². The predicted molar refractivity (Wildman–Crippen MR) is 75.7 cm³/mol. The maximum absolute atomic E-state index is 11.9. The van der Waals surface area contributed by atoms with E-state index in [1.165, 1.54) is 32.1 Å². The second kappa shape index (κ2) is 4.36. The molecule has 2 heteroatoms. The van der Waals surface area contributed by atoms with Gasteiger partial charge in [-0.1, -0.05) is 19.9 Å². The van der Waals surface area contributed by atoms with Gasteiger partial charge in [0.05, 0.1) is 0 Å². The van der Waals surface area contributed by atoms with Gasteiger partial charge in [0.15, 0.2) is 0 Å². The van der Waals surface area contributed by atoms with E-state index in [1.807, 2.05) is 0 Å². The summed E-state index contributed by atoms with van der Waals surface area (Å²) in [5.41, 5.74) is 0.990. The van der Waals surface area contributed by atoms with E-state index in [2.05, 4.69) is 13.5 Å². The van der Waals surface area contributed by atoms with Crippen molar-refractivity contribution >= 4 is 5.97 Å². The van der Waals surface area contributed by atoms with Crippen LogP contribution in [0.4, 0.5) is 0 Å². The van der Waals surface area contributed by atoms with Crippen molar-refractivity contribution in [2.45, 2.75) is 70.8 Å². The van der Waals surface area contributed by atoms with Crippen molar-refractivity contribution in [2.75, 3.05) is 0 Å². The summed E-state index contributed by atoms with van der Waals surface area (Å²) in [7, 11) is 0. The lowest BCUT2D eigenvalue weighted by atomic mass is 9.61. The third kappa shape index (κ3) is 2.04. The Morgan fingerprint density at radius 3 is 2.79 bits per heavy atom. The summed E-state index contributed by atoms with van der Waals surface area (Å²) in [6.45, 7) is 7.78. The summed E-state index contributed by atoms with van der Waals surface area (Å²) >= 11 is 0. The fraction of sp³-hybridized carbons (Fsp3) is 0.824. The summed E-state index contributed by atoms with van der Waals surface area (Å²) in [6.07, 6.45) is 10.0. The van der Waals surface area contributed by atoms with Crippen LogP contribution >= 0.6 is 0 Å². The third-order valence-electron chi connectivity index (χ3n) is 5.94. The van der Waals surface area contributed by atoms with Gasteiger partial charge in [0, 0.05) is 5.57 Å². The van der Waals surface area contributed by atoms with Crippen molar-refractivity contribution in [3.05, 3.63) is 12.2 Å². The molecular formula is C17H26O2. The second-order valence-corrected chi connectivity index (χ2v) is 7.38. The van der Waals surface area contributed by atoms with Crippen LogP contribution in [0.15, 0.2) is 12.2 Å². The minimum absolute atomic E-state index is 0.142. The number of carbonyl (C=O) groups excluding carboxylic acids is 1. The SMILES string of the molecule is C=C(C)C(=O)OC12CCC3(CCC)CC(CC3C1)C2. The van der Waals surface area contributed by atoms with Gasteiger partial charge in [-0.3, -0.25) is 0 Å². The number of rotatable bonds is 4. The van der Waals surface area contributed by atoms with Crippen molar-refractivity contribution in [3.63, 3.8) is 0 Å². The Labute approximate surface area is 116 Å². The molecule has 3 saturated carbocycles. The van der Waals surface area contributed by atoms with Crippen LogP contribution < -0.4 is 0 Å². The number of carbonyl (C=O) groups is 1. The van der Waals surface area contributed by atoms with Crippen molar-refractivity contribution < 1.29 is 9.53 Å². The summed E-state index contributed by atoms with van der Waals surface area (Å²) in [6, 6.07) is 0. The Kier molecular flexibility index (Phi) is 3.03. The summed E-state index contributed by atoms with van der Waals surface area (Å²) in [4.78, 5) is 11.9. The fourth-order valence-corrected chi connectivity index (χ4v) is 5.33. The van der Waals surface area contributed by atoms with E-state index in [9.17, 15) is 4.79 Å². The first-order chi connectivity index (χ1) is 8.99. The van der Waals surface area contributed by atoms with Crippen LogP contribution in [0.3, 0.4) is 0 Å². The maximum atomic E-state index is 11.9. The normalized spacial score (nSPS) is 43.3. The molecule has 0 aliphatic heterocycles. The largest absolute Gasteiger partial charge is 0.456 e. The molecule has 3 bridgehead atoms. The van der Waals surface area contributed by atoms with Crippen molar-refractivity contribution in [2.24, 2.45) is 17.3 Å². The molecular weight excluding hydrogens is 236 g/mol. The minimum atomic E-state index is -0.177. The molecule has 3 aliphatic carbocycles. The first-order valence-electron chi connectivity index (χ1n) is 7.87. The number of esters is 1. The molecule has 3 aliphatic rings. The molecule has 0 N–H and O–H groups in total. The van der Waals surface area contributed by atoms with E-state index in [0.29, 0.717) is 11.0 Å². The molecule has 0 aromatic heterocycles. The Hall–Kier alpha value is -0.790. The molecule has 0 aromatic rings. The molecule has 0 heterocycles. The standard InChI is InChI=1S/C17H26O2/c1-4-5-16-6-7-17(19-15(18)12(2)3)10-13(9-16)8-14(16)11-17/h13-14H,2,4-11H2,1,3H3. The van der Waals surface area contributed by atoms with E-state index in [0.717, 1.165) is 31.1 Å². The molecule has 4 atom stereocenters. The highest BCUT2D eigenvalue weighted by atomic mass is 16.6. The van der Waals surface area contributed by atoms with Crippen LogP contribution in [0, 0.1) is 17.3 Å². The quantitative estimate of drug-likeness (QED) is 0.559. The summed E-state index contributed by atoms with van der Waals surface area (Å²) in [5, 5.41) is 0. The van der Waals surface area contributed by atoms with Crippen LogP contribution in [-0.2, 0) is 9.53 Å². The van der Waals surface area contributed by atoms with E-state index < -0.39 is 0 Å². The van der Waals surface area contributed by atoms with Gasteiger partial charge in [0.2, 0.25) is 0 Å². The number of hydrogen-bond donors (Lipinski definition) is 0. The lowest BCUT2D eigenvalue weighted by molar-refractivity contribution is -0.168. The molecule has 0 aromatic carbocycles. The molecule has 4 unspecified atom stereocenters. The van der Waals surface area contributed by atoms with Crippen LogP contribution in [0.25, 0.3) is 0 Å². The van der Waals surface area contributed by atoms with Gasteiger partial charge in [-0.2, -0.15) is 0 Å². The number of fused-ring (bicyclic) bond motifs is 2. The van der Waals surface area contributed by atoms with E-state index in [-0.39, 0.29) is 11.6 Å². The Morgan fingerprint density at radius 1 is 1.32 bits per heavy atom. The van der Waals surface area contributed by atoms with Gasteiger partial charge in [-0.25, -0.2) is 4.79 Å². The van der Waals surface area contributed by atoms with Gasteiger partial charge in [-0.15, -0.1) is 0 Å². The molecule has 0 amide bonds. The van der Waals surface area contributed by atoms with Gasteiger partial charge in [0.1, 0.15) is 5.60 Å². The fourth-order valence-electron chi connectivity index (χ4n) is 5.33. The van der Waals surface area contributed by atoms with Crippen LogP contribution in [-0.4, -0.2) is 11.6 Å².